The van der Waals surface area contributed by atoms with E-state index in [0.29, 0.717) is 15.1 Å². The Morgan fingerprint density at radius 3 is 2.83 bits per heavy atom. The van der Waals surface area contributed by atoms with Crippen LogP contribution >= 0.6 is 22.9 Å². The fraction of sp³-hybridized carbons (Fsp3) is 0. The maximum Gasteiger partial charge on any atom is 0.172 e. The normalized spacial score (nSPS) is 10.8. The van der Waals surface area contributed by atoms with Crippen LogP contribution in [0.2, 0.25) is 5.02 Å². The third-order valence-electron chi connectivity index (χ3n) is 1.57. The molecule has 0 radical (unpaired) electrons. The maximum atomic E-state index is 13.0. The van der Waals surface area contributed by atoms with Gasteiger partial charge in [-0.25, -0.2) is 4.39 Å². The topological polar surface area (TPSA) is 20.2 Å². The Morgan fingerprint density at radius 2 is 2.17 bits per heavy atom. The van der Waals surface area contributed by atoms with Crippen LogP contribution in [0.1, 0.15) is 0 Å². The molecule has 1 heterocycles. The van der Waals surface area contributed by atoms with Crippen LogP contribution < -0.4 is 0 Å². The largest absolute Gasteiger partial charge is 0.499 e. The highest BCUT2D eigenvalue weighted by molar-refractivity contribution is 7.20. The van der Waals surface area contributed by atoms with Crippen molar-refractivity contribution in [1.29, 1.82) is 0 Å². The lowest BCUT2D eigenvalue weighted by molar-refractivity contribution is 0.491. The minimum Gasteiger partial charge on any atom is -0.499 e. The van der Waals surface area contributed by atoms with Gasteiger partial charge in [0.05, 0.1) is 4.70 Å². The summed E-state index contributed by atoms with van der Waals surface area (Å²) in [7, 11) is 0. The Hall–Kier alpha value is -0.800. The van der Waals surface area contributed by atoms with Crippen molar-refractivity contribution >= 4 is 33.0 Å². The van der Waals surface area contributed by atoms with E-state index in [-0.39, 0.29) is 10.9 Å². The van der Waals surface area contributed by atoms with Crippen molar-refractivity contribution in [2.75, 3.05) is 0 Å². The number of hydrogen-bond acceptors (Lipinski definition) is 2. The minimum atomic E-state index is -0.347. The van der Waals surface area contributed by atoms with Crippen molar-refractivity contribution in [3.05, 3.63) is 29.0 Å². The summed E-state index contributed by atoms with van der Waals surface area (Å²) in [5, 5.41) is 10.2. The van der Waals surface area contributed by atoms with Gasteiger partial charge in [0.2, 0.25) is 0 Å². The van der Waals surface area contributed by atoms with Gasteiger partial charge >= 0.3 is 0 Å². The molecule has 2 aromatic rings. The number of thiophene rings is 1. The molecule has 0 fully saturated rings. The smallest absolute Gasteiger partial charge is 0.172 e. The third-order valence-corrected chi connectivity index (χ3v) is 2.84. The van der Waals surface area contributed by atoms with E-state index in [1.54, 1.807) is 0 Å². The fourth-order valence-corrected chi connectivity index (χ4v) is 2.14. The Kier molecular flexibility index (Phi) is 1.70. The summed E-state index contributed by atoms with van der Waals surface area (Å²) in [6.07, 6.45) is 0. The molecule has 0 amide bonds. The number of rotatable bonds is 0. The Bertz CT molecular complexity index is 399. The van der Waals surface area contributed by atoms with E-state index in [2.05, 4.69) is 0 Å². The number of fused-ring (bicyclic) bond motifs is 1. The second kappa shape index (κ2) is 2.61. The second-order valence-corrected chi connectivity index (χ2v) is 3.79. The van der Waals surface area contributed by atoms with Crippen LogP contribution in [0.3, 0.4) is 0 Å². The lowest BCUT2D eigenvalue weighted by atomic mass is 10.2. The Labute approximate surface area is 77.0 Å². The molecule has 4 heteroatoms. The molecule has 62 valence electrons. The Balaban J connectivity index is 2.93. The second-order valence-electron chi connectivity index (χ2n) is 2.36. The summed E-state index contributed by atoms with van der Waals surface area (Å²) in [5.74, 6) is -0.347. The van der Waals surface area contributed by atoms with Crippen molar-refractivity contribution in [3.63, 3.8) is 0 Å². The van der Waals surface area contributed by atoms with Crippen LogP contribution in [-0.2, 0) is 0 Å². The van der Waals surface area contributed by atoms with Gasteiger partial charge in [-0.1, -0.05) is 22.9 Å². The average molecular weight is 203 g/mol. The maximum absolute atomic E-state index is 13.0. The van der Waals surface area contributed by atoms with E-state index >= 15 is 0 Å². The summed E-state index contributed by atoms with van der Waals surface area (Å²) in [5.41, 5.74) is 0. The quantitative estimate of drug-likeness (QED) is 0.694. The number of benzene rings is 1. The van der Waals surface area contributed by atoms with Crippen molar-refractivity contribution < 1.29 is 9.50 Å². The molecular formula is C8H4ClFOS. The zero-order valence-electron chi connectivity index (χ0n) is 5.84. The van der Waals surface area contributed by atoms with E-state index in [9.17, 15) is 4.39 Å². The van der Waals surface area contributed by atoms with Crippen LogP contribution in [0.15, 0.2) is 18.2 Å². The molecule has 1 nitrogen and oxygen atoms in total. The molecule has 0 atom stereocenters. The van der Waals surface area contributed by atoms with Crippen LogP contribution in [-0.4, -0.2) is 5.11 Å². The van der Waals surface area contributed by atoms with E-state index in [0.717, 1.165) is 11.3 Å². The summed E-state index contributed by atoms with van der Waals surface area (Å²) < 4.78 is 13.4. The number of halogens is 2. The molecule has 0 unspecified atom stereocenters. The molecule has 0 saturated heterocycles. The van der Waals surface area contributed by atoms with E-state index in [1.807, 2.05) is 0 Å². The SMILES string of the molecule is Oc1cc2c(Cl)ccc(F)c2s1. The van der Waals surface area contributed by atoms with Crippen LogP contribution in [0.4, 0.5) is 4.39 Å². The van der Waals surface area contributed by atoms with Gasteiger partial charge in [-0.3, -0.25) is 0 Å². The molecule has 0 bridgehead atoms. The van der Waals surface area contributed by atoms with Gasteiger partial charge in [0.25, 0.3) is 0 Å². The van der Waals surface area contributed by atoms with Gasteiger partial charge in [0.1, 0.15) is 5.82 Å². The van der Waals surface area contributed by atoms with E-state index in [4.69, 9.17) is 16.7 Å². The van der Waals surface area contributed by atoms with Gasteiger partial charge in [-0.15, -0.1) is 0 Å². The number of hydrogen-bond donors (Lipinski definition) is 1. The monoisotopic (exact) mass is 202 g/mol. The minimum absolute atomic E-state index is 0.0806. The molecule has 2 rings (SSSR count). The van der Waals surface area contributed by atoms with Crippen LogP contribution in [0.5, 0.6) is 5.06 Å². The zero-order chi connectivity index (χ0) is 8.72. The first-order valence-corrected chi connectivity index (χ1v) is 4.44. The van der Waals surface area contributed by atoms with E-state index < -0.39 is 0 Å². The fourth-order valence-electron chi connectivity index (χ4n) is 1.04. The van der Waals surface area contributed by atoms with Crippen molar-refractivity contribution in [2.45, 2.75) is 0 Å². The van der Waals surface area contributed by atoms with Gasteiger partial charge in [-0.05, 0) is 12.1 Å². The molecule has 0 saturated carbocycles. The van der Waals surface area contributed by atoms with Crippen LogP contribution in [0.25, 0.3) is 10.1 Å². The number of aromatic hydroxyl groups is 1. The van der Waals surface area contributed by atoms with Gasteiger partial charge in [-0.2, -0.15) is 0 Å². The lowest BCUT2D eigenvalue weighted by Gasteiger charge is -1.92. The highest BCUT2D eigenvalue weighted by atomic mass is 35.5. The lowest BCUT2D eigenvalue weighted by Crippen LogP contribution is -1.72. The summed E-state index contributed by atoms with van der Waals surface area (Å²) in [6.45, 7) is 0. The summed E-state index contributed by atoms with van der Waals surface area (Å²) in [6, 6.07) is 4.23. The van der Waals surface area contributed by atoms with Crippen molar-refractivity contribution in [2.24, 2.45) is 0 Å². The molecular weight excluding hydrogens is 199 g/mol. The molecule has 0 aliphatic heterocycles. The molecule has 1 aromatic heterocycles. The van der Waals surface area contributed by atoms with Crippen molar-refractivity contribution in [1.82, 2.24) is 0 Å². The zero-order valence-corrected chi connectivity index (χ0v) is 7.42. The highest BCUT2D eigenvalue weighted by Gasteiger charge is 2.08. The molecule has 1 N–H and O–H groups in total. The van der Waals surface area contributed by atoms with Gasteiger partial charge in [0.15, 0.2) is 5.06 Å². The summed E-state index contributed by atoms with van der Waals surface area (Å²) in [4.78, 5) is 0. The first-order valence-electron chi connectivity index (χ1n) is 3.25. The van der Waals surface area contributed by atoms with Crippen LogP contribution in [0, 0.1) is 5.82 Å². The van der Waals surface area contributed by atoms with Crippen molar-refractivity contribution in [3.8, 4) is 5.06 Å². The molecule has 12 heavy (non-hydrogen) atoms. The predicted molar refractivity (Wildman–Crippen MR) is 48.5 cm³/mol. The van der Waals surface area contributed by atoms with Gasteiger partial charge < -0.3 is 5.11 Å². The standard InChI is InChI=1S/C8H4ClFOS/c9-5-1-2-6(10)8-4(5)3-7(11)12-8/h1-3,11H. The Morgan fingerprint density at radius 1 is 1.42 bits per heavy atom. The predicted octanol–water partition coefficient (Wildman–Crippen LogP) is 3.40. The van der Waals surface area contributed by atoms with Gasteiger partial charge in [0, 0.05) is 16.5 Å². The van der Waals surface area contributed by atoms with E-state index in [1.165, 1.54) is 18.2 Å². The molecule has 0 aliphatic rings. The summed E-state index contributed by atoms with van der Waals surface area (Å²) >= 11 is 6.76. The first kappa shape index (κ1) is 7.83. The highest BCUT2D eigenvalue weighted by Crippen LogP contribution is 2.36. The third kappa shape index (κ3) is 1.06. The average Bonchev–Trinajstić information content (AvgIpc) is 2.41. The molecule has 0 aliphatic carbocycles. The molecule has 1 aromatic carbocycles. The first-order chi connectivity index (χ1) is 5.68. The molecule has 0 spiro atoms.